The van der Waals surface area contributed by atoms with E-state index < -0.39 is 28.7 Å². The fourth-order valence-corrected chi connectivity index (χ4v) is 2.39. The van der Waals surface area contributed by atoms with Gasteiger partial charge in [-0.3, -0.25) is 10.1 Å². The molecule has 8 heteroatoms. The Labute approximate surface area is 132 Å². The fraction of sp³-hybridized carbons (Fsp3) is 0.400. The Bertz CT molecular complexity index is 630. The molecule has 124 valence electrons. The summed E-state index contributed by atoms with van der Waals surface area (Å²) in [5.41, 5.74) is -1.44. The summed E-state index contributed by atoms with van der Waals surface area (Å²) in [4.78, 5) is 22.5. The molecule has 3 atom stereocenters. The number of carbonyl (C=O) groups is 1. The average molecular weight is 323 g/mol. The van der Waals surface area contributed by atoms with Crippen molar-refractivity contribution in [1.82, 2.24) is 0 Å². The number of hydrogen-bond acceptors (Lipinski definition) is 7. The third kappa shape index (κ3) is 3.55. The Morgan fingerprint density at radius 3 is 2.74 bits per heavy atom. The molecule has 0 heterocycles. The molecule has 0 amide bonds. The smallest absolute Gasteiger partial charge is 0.342 e. The fourth-order valence-electron chi connectivity index (χ4n) is 2.39. The van der Waals surface area contributed by atoms with Crippen LogP contribution in [0.3, 0.4) is 0 Å². The van der Waals surface area contributed by atoms with E-state index in [1.54, 1.807) is 6.07 Å². The molecule has 2 N–H and O–H groups in total. The van der Waals surface area contributed by atoms with Gasteiger partial charge in [-0.15, -0.1) is 0 Å². The van der Waals surface area contributed by atoms with E-state index in [2.05, 4.69) is 0 Å². The van der Waals surface area contributed by atoms with Gasteiger partial charge in [0.2, 0.25) is 0 Å². The van der Waals surface area contributed by atoms with Gasteiger partial charge in [0.15, 0.2) is 5.60 Å². The second-order valence-corrected chi connectivity index (χ2v) is 5.18. The molecule has 1 aliphatic rings. The lowest BCUT2D eigenvalue weighted by Gasteiger charge is -2.34. The number of methoxy groups -OCH3 is 1. The molecule has 8 nitrogen and oxygen atoms in total. The molecule has 0 unspecified atom stereocenters. The summed E-state index contributed by atoms with van der Waals surface area (Å²) < 4.78 is 10.3. The van der Waals surface area contributed by atoms with Crippen molar-refractivity contribution in [3.8, 4) is 0 Å². The molecule has 2 rings (SSSR count). The molecule has 1 aromatic rings. The summed E-state index contributed by atoms with van der Waals surface area (Å²) in [5.74, 6) is -0.752. The van der Waals surface area contributed by atoms with Crippen LogP contribution in [-0.4, -0.2) is 46.0 Å². The number of nitro groups is 1. The van der Waals surface area contributed by atoms with Gasteiger partial charge in [-0.2, -0.15) is 0 Å². The minimum Gasteiger partial charge on any atom is -0.467 e. The van der Waals surface area contributed by atoms with Gasteiger partial charge in [0.05, 0.1) is 36.4 Å². The SMILES string of the molecule is COC(=O)[C@]1(OCc2ccccc2[N+](=O)[O-])C=C[C@@H](O)[C@H](O)C1. The third-order valence-corrected chi connectivity index (χ3v) is 3.67. The van der Waals surface area contributed by atoms with Crippen LogP contribution in [0.4, 0.5) is 5.69 Å². The van der Waals surface area contributed by atoms with E-state index in [0.29, 0.717) is 0 Å². The number of rotatable bonds is 5. The lowest BCUT2D eigenvalue weighted by Crippen LogP contribution is -2.48. The third-order valence-electron chi connectivity index (χ3n) is 3.67. The Morgan fingerprint density at radius 1 is 1.43 bits per heavy atom. The topological polar surface area (TPSA) is 119 Å². The number of esters is 1. The highest BCUT2D eigenvalue weighted by Gasteiger charge is 2.44. The minimum atomic E-state index is -1.60. The predicted molar refractivity (Wildman–Crippen MR) is 78.4 cm³/mol. The van der Waals surface area contributed by atoms with Crippen LogP contribution in [0.1, 0.15) is 12.0 Å². The normalized spacial score (nSPS) is 26.7. The Balaban J connectivity index is 2.26. The van der Waals surface area contributed by atoms with Gasteiger partial charge in [0.1, 0.15) is 0 Å². The van der Waals surface area contributed by atoms with Crippen LogP contribution < -0.4 is 0 Å². The van der Waals surface area contributed by atoms with Gasteiger partial charge < -0.3 is 19.7 Å². The summed E-state index contributed by atoms with van der Waals surface area (Å²) in [7, 11) is 1.17. The van der Waals surface area contributed by atoms with Crippen molar-refractivity contribution in [1.29, 1.82) is 0 Å². The highest BCUT2D eigenvalue weighted by Crippen LogP contribution is 2.30. The van der Waals surface area contributed by atoms with Crippen LogP contribution in [0, 0.1) is 10.1 Å². The average Bonchev–Trinajstić information content (AvgIpc) is 2.55. The highest BCUT2D eigenvalue weighted by atomic mass is 16.6. The number of benzene rings is 1. The molecule has 0 aromatic heterocycles. The minimum absolute atomic E-state index is 0.132. The summed E-state index contributed by atoms with van der Waals surface area (Å²) >= 11 is 0. The molecular formula is C15H17NO7. The molecule has 0 saturated heterocycles. The molecule has 1 aliphatic carbocycles. The van der Waals surface area contributed by atoms with Crippen molar-refractivity contribution in [3.63, 3.8) is 0 Å². The van der Waals surface area contributed by atoms with E-state index in [1.807, 2.05) is 0 Å². The lowest BCUT2D eigenvalue weighted by molar-refractivity contribution is -0.386. The summed E-state index contributed by atoms with van der Waals surface area (Å²) in [6.45, 7) is -0.223. The number of aliphatic hydroxyl groups is 2. The molecule has 0 aliphatic heterocycles. The number of ether oxygens (including phenoxy) is 2. The van der Waals surface area contributed by atoms with Gasteiger partial charge in [-0.05, 0) is 12.1 Å². The summed E-state index contributed by atoms with van der Waals surface area (Å²) in [6, 6.07) is 5.99. The first-order chi connectivity index (χ1) is 10.9. The molecular weight excluding hydrogens is 306 g/mol. The van der Waals surface area contributed by atoms with Crippen molar-refractivity contribution in [2.45, 2.75) is 30.8 Å². The summed E-state index contributed by atoms with van der Waals surface area (Å²) in [6.07, 6.45) is 0.0280. The van der Waals surface area contributed by atoms with Crippen molar-refractivity contribution in [3.05, 3.63) is 52.1 Å². The van der Waals surface area contributed by atoms with E-state index in [-0.39, 0.29) is 24.3 Å². The summed E-state index contributed by atoms with van der Waals surface area (Å²) in [5, 5.41) is 30.3. The molecule has 23 heavy (non-hydrogen) atoms. The van der Waals surface area contributed by atoms with Crippen molar-refractivity contribution >= 4 is 11.7 Å². The Morgan fingerprint density at radius 2 is 2.13 bits per heavy atom. The quantitative estimate of drug-likeness (QED) is 0.354. The zero-order chi connectivity index (χ0) is 17.0. The number of para-hydroxylation sites is 1. The second-order valence-electron chi connectivity index (χ2n) is 5.18. The second kappa shape index (κ2) is 6.86. The van der Waals surface area contributed by atoms with E-state index in [1.165, 1.54) is 37.5 Å². The monoisotopic (exact) mass is 323 g/mol. The van der Waals surface area contributed by atoms with Crippen LogP contribution in [0.15, 0.2) is 36.4 Å². The Kier molecular flexibility index (Phi) is 5.09. The molecule has 0 spiro atoms. The number of aliphatic hydroxyl groups excluding tert-OH is 2. The van der Waals surface area contributed by atoms with Crippen molar-refractivity contribution in [2.24, 2.45) is 0 Å². The van der Waals surface area contributed by atoms with Gasteiger partial charge in [0, 0.05) is 12.5 Å². The maximum absolute atomic E-state index is 12.1. The first kappa shape index (κ1) is 17.1. The zero-order valence-corrected chi connectivity index (χ0v) is 12.4. The number of nitrogens with zero attached hydrogens (tertiary/aromatic N) is 1. The van der Waals surface area contributed by atoms with E-state index in [9.17, 15) is 25.1 Å². The number of hydrogen-bond donors (Lipinski definition) is 2. The van der Waals surface area contributed by atoms with Gasteiger partial charge in [-0.25, -0.2) is 4.79 Å². The van der Waals surface area contributed by atoms with Gasteiger partial charge in [-0.1, -0.05) is 18.2 Å². The van der Waals surface area contributed by atoms with Crippen LogP contribution in [-0.2, 0) is 20.9 Å². The van der Waals surface area contributed by atoms with Crippen molar-refractivity contribution in [2.75, 3.05) is 7.11 Å². The number of carbonyl (C=O) groups excluding carboxylic acids is 1. The van der Waals surface area contributed by atoms with E-state index in [4.69, 9.17) is 9.47 Å². The standard InChI is InChI=1S/C15H17NO7/c1-22-14(19)15(7-6-12(17)13(18)8-15)23-9-10-4-2-3-5-11(10)16(20)21/h2-7,12-13,17-18H,8-9H2,1H3/t12-,13-,15+/m1/s1. The molecule has 0 bridgehead atoms. The first-order valence-electron chi connectivity index (χ1n) is 6.90. The highest BCUT2D eigenvalue weighted by molar-refractivity contribution is 5.82. The lowest BCUT2D eigenvalue weighted by atomic mass is 9.87. The first-order valence-corrected chi connectivity index (χ1v) is 6.90. The van der Waals surface area contributed by atoms with Crippen molar-refractivity contribution < 1.29 is 29.4 Å². The van der Waals surface area contributed by atoms with Gasteiger partial charge in [0.25, 0.3) is 5.69 Å². The van der Waals surface area contributed by atoms with Crippen LogP contribution in [0.2, 0.25) is 0 Å². The van der Waals surface area contributed by atoms with E-state index in [0.717, 1.165) is 0 Å². The van der Waals surface area contributed by atoms with Crippen LogP contribution in [0.5, 0.6) is 0 Å². The van der Waals surface area contributed by atoms with E-state index >= 15 is 0 Å². The molecule has 0 fully saturated rings. The molecule has 0 saturated carbocycles. The van der Waals surface area contributed by atoms with Crippen LogP contribution in [0.25, 0.3) is 0 Å². The largest absolute Gasteiger partial charge is 0.467 e. The van der Waals surface area contributed by atoms with Crippen LogP contribution >= 0.6 is 0 Å². The molecule has 1 aromatic carbocycles. The maximum Gasteiger partial charge on any atom is 0.342 e. The predicted octanol–water partition coefficient (Wildman–Crippen LogP) is 0.705. The zero-order valence-electron chi connectivity index (χ0n) is 12.4. The maximum atomic E-state index is 12.1. The van der Waals surface area contributed by atoms with Gasteiger partial charge >= 0.3 is 5.97 Å². The Hall–Kier alpha value is -2.29. The number of nitro benzene ring substituents is 1. The molecule has 0 radical (unpaired) electrons.